The van der Waals surface area contributed by atoms with Crippen molar-refractivity contribution in [2.24, 2.45) is 5.92 Å². The van der Waals surface area contributed by atoms with Crippen LogP contribution in [0.3, 0.4) is 0 Å². The van der Waals surface area contributed by atoms with E-state index in [4.69, 9.17) is 16.6 Å². The Bertz CT molecular complexity index is 586. The molecule has 0 bridgehead atoms. The quantitative estimate of drug-likeness (QED) is 0.794. The number of imidazole rings is 1. The summed E-state index contributed by atoms with van der Waals surface area (Å²) in [5.74, 6) is 2.47. The number of hydrogen-bond acceptors (Lipinski definition) is 2. The molecule has 1 fully saturated rings. The van der Waals surface area contributed by atoms with E-state index >= 15 is 0 Å². The molecule has 0 aromatic carbocycles. The second-order valence-electron chi connectivity index (χ2n) is 5.62. The first-order chi connectivity index (χ1) is 9.20. The van der Waals surface area contributed by atoms with Gasteiger partial charge in [-0.15, -0.1) is 11.6 Å². The van der Waals surface area contributed by atoms with Gasteiger partial charge in [0.25, 0.3) is 0 Å². The maximum Gasteiger partial charge on any atom is 0.160 e. The molecule has 3 rings (SSSR count). The van der Waals surface area contributed by atoms with Crippen molar-refractivity contribution >= 4 is 22.8 Å². The van der Waals surface area contributed by atoms with E-state index in [1.165, 1.54) is 19.3 Å². The van der Waals surface area contributed by atoms with Gasteiger partial charge >= 0.3 is 0 Å². The fraction of sp³-hybridized carbons (Fsp3) is 0.600. The first-order valence-corrected chi connectivity index (χ1v) is 7.63. The molecule has 1 aliphatic carbocycles. The third-order valence-electron chi connectivity index (χ3n) is 4.30. The summed E-state index contributed by atoms with van der Waals surface area (Å²) < 4.78 is 2.32. The summed E-state index contributed by atoms with van der Waals surface area (Å²) in [6.45, 7) is 4.35. The molecule has 102 valence electrons. The van der Waals surface area contributed by atoms with Crippen LogP contribution in [0, 0.1) is 12.8 Å². The van der Waals surface area contributed by atoms with Crippen LogP contribution in [0.1, 0.15) is 43.6 Å². The van der Waals surface area contributed by atoms with Gasteiger partial charge in [-0.2, -0.15) is 0 Å². The maximum absolute atomic E-state index is 5.93. The van der Waals surface area contributed by atoms with Gasteiger partial charge < -0.3 is 4.57 Å². The van der Waals surface area contributed by atoms with Crippen LogP contribution in [0.2, 0.25) is 0 Å². The second kappa shape index (κ2) is 5.12. The Morgan fingerprint density at radius 2 is 2.26 bits per heavy atom. The Morgan fingerprint density at radius 3 is 2.89 bits per heavy atom. The highest BCUT2D eigenvalue weighted by Crippen LogP contribution is 2.38. The Morgan fingerprint density at radius 1 is 1.47 bits per heavy atom. The smallest absolute Gasteiger partial charge is 0.160 e. The van der Waals surface area contributed by atoms with Gasteiger partial charge in [-0.1, -0.05) is 6.42 Å². The molecule has 0 spiro atoms. The molecule has 0 radical (unpaired) electrons. The van der Waals surface area contributed by atoms with Crippen molar-refractivity contribution in [2.45, 2.75) is 45.6 Å². The summed E-state index contributed by atoms with van der Waals surface area (Å²) >= 11 is 5.93. The molecule has 1 unspecified atom stereocenters. The molecular formula is C15H20ClN3. The highest BCUT2D eigenvalue weighted by atomic mass is 35.5. The molecular weight excluding hydrogens is 258 g/mol. The van der Waals surface area contributed by atoms with E-state index in [0.29, 0.717) is 11.9 Å². The Hall–Kier alpha value is -1.09. The molecule has 2 aromatic rings. The minimum Gasteiger partial charge on any atom is -0.310 e. The lowest BCUT2D eigenvalue weighted by Gasteiger charge is -2.33. The molecule has 0 saturated heterocycles. The van der Waals surface area contributed by atoms with Gasteiger partial charge in [0.15, 0.2) is 5.65 Å². The Balaban J connectivity index is 2.09. The fourth-order valence-corrected chi connectivity index (χ4v) is 3.12. The van der Waals surface area contributed by atoms with Crippen molar-refractivity contribution in [3.63, 3.8) is 0 Å². The number of halogens is 1. The highest BCUT2D eigenvalue weighted by molar-refractivity contribution is 6.17. The minimum atomic E-state index is 0.479. The predicted octanol–water partition coefficient (Wildman–Crippen LogP) is 3.88. The normalized spacial score (nSPS) is 17.6. The van der Waals surface area contributed by atoms with E-state index in [0.717, 1.165) is 34.9 Å². The highest BCUT2D eigenvalue weighted by Gasteiger charge is 2.28. The molecule has 1 aliphatic rings. The van der Waals surface area contributed by atoms with Gasteiger partial charge in [-0.05, 0) is 44.2 Å². The van der Waals surface area contributed by atoms with E-state index in [-0.39, 0.29) is 0 Å². The lowest BCUT2D eigenvalue weighted by atomic mass is 9.80. The third-order valence-corrected chi connectivity index (χ3v) is 4.49. The van der Waals surface area contributed by atoms with Crippen molar-refractivity contribution in [3.05, 3.63) is 23.7 Å². The van der Waals surface area contributed by atoms with Crippen molar-refractivity contribution in [3.8, 4) is 0 Å². The molecule has 0 amide bonds. The van der Waals surface area contributed by atoms with Crippen molar-refractivity contribution in [2.75, 3.05) is 5.88 Å². The molecule has 3 nitrogen and oxygen atoms in total. The van der Waals surface area contributed by atoms with Crippen molar-refractivity contribution in [1.29, 1.82) is 0 Å². The van der Waals surface area contributed by atoms with Crippen LogP contribution in [-0.4, -0.2) is 20.4 Å². The summed E-state index contributed by atoms with van der Waals surface area (Å²) in [6.07, 6.45) is 6.76. The van der Waals surface area contributed by atoms with Crippen LogP contribution >= 0.6 is 11.6 Å². The average molecular weight is 278 g/mol. The number of hydrogen-bond donors (Lipinski definition) is 0. The first kappa shape index (κ1) is 12.9. The van der Waals surface area contributed by atoms with E-state index < -0.39 is 0 Å². The van der Waals surface area contributed by atoms with E-state index in [9.17, 15) is 0 Å². The summed E-state index contributed by atoms with van der Waals surface area (Å²) in [4.78, 5) is 9.34. The van der Waals surface area contributed by atoms with Gasteiger partial charge in [0, 0.05) is 24.5 Å². The molecule has 0 aliphatic heterocycles. The third kappa shape index (κ3) is 2.25. The number of rotatable bonds is 4. The number of aromatic nitrogens is 3. The zero-order valence-corrected chi connectivity index (χ0v) is 12.3. The lowest BCUT2D eigenvalue weighted by molar-refractivity contribution is 0.222. The first-order valence-electron chi connectivity index (χ1n) is 7.10. The molecule has 2 heterocycles. The van der Waals surface area contributed by atoms with Crippen LogP contribution < -0.4 is 0 Å². The summed E-state index contributed by atoms with van der Waals surface area (Å²) in [5.41, 5.74) is 3.18. The standard InChI is InChI=1S/C15H20ClN3/c1-10-8-13-15(17-9-10)19(14(18-13)6-7-16)11(2)12-4-3-5-12/h8-9,11-12H,3-7H2,1-2H3. The Labute approximate surface area is 119 Å². The van der Waals surface area contributed by atoms with Crippen LogP contribution in [0.5, 0.6) is 0 Å². The summed E-state index contributed by atoms with van der Waals surface area (Å²) in [5, 5.41) is 0. The summed E-state index contributed by atoms with van der Waals surface area (Å²) in [7, 11) is 0. The SMILES string of the molecule is Cc1cnc2c(c1)nc(CCCl)n2C(C)C1CCC1. The molecule has 0 N–H and O–H groups in total. The Kier molecular flexibility index (Phi) is 3.48. The maximum atomic E-state index is 5.93. The number of alkyl halides is 1. The van der Waals surface area contributed by atoms with Gasteiger partial charge in [-0.3, -0.25) is 0 Å². The van der Waals surface area contributed by atoms with Crippen LogP contribution in [0.4, 0.5) is 0 Å². The monoisotopic (exact) mass is 277 g/mol. The minimum absolute atomic E-state index is 0.479. The lowest BCUT2D eigenvalue weighted by Crippen LogP contribution is -2.24. The van der Waals surface area contributed by atoms with Gasteiger partial charge in [0.2, 0.25) is 0 Å². The number of nitrogens with zero attached hydrogens (tertiary/aromatic N) is 3. The second-order valence-corrected chi connectivity index (χ2v) is 6.00. The number of aryl methyl sites for hydroxylation is 2. The van der Waals surface area contributed by atoms with Crippen LogP contribution in [0.25, 0.3) is 11.2 Å². The zero-order valence-electron chi connectivity index (χ0n) is 11.6. The van der Waals surface area contributed by atoms with E-state index in [1.54, 1.807) is 0 Å². The molecule has 2 aromatic heterocycles. The van der Waals surface area contributed by atoms with Crippen LogP contribution in [-0.2, 0) is 6.42 Å². The van der Waals surface area contributed by atoms with Crippen LogP contribution in [0.15, 0.2) is 12.3 Å². The van der Waals surface area contributed by atoms with Crippen molar-refractivity contribution < 1.29 is 0 Å². The molecule has 1 atom stereocenters. The largest absolute Gasteiger partial charge is 0.310 e. The number of fused-ring (bicyclic) bond motifs is 1. The molecule has 19 heavy (non-hydrogen) atoms. The topological polar surface area (TPSA) is 30.7 Å². The van der Waals surface area contributed by atoms with E-state index in [1.807, 2.05) is 6.20 Å². The van der Waals surface area contributed by atoms with Gasteiger partial charge in [0.05, 0.1) is 0 Å². The van der Waals surface area contributed by atoms with Crippen molar-refractivity contribution in [1.82, 2.24) is 14.5 Å². The molecule has 4 heteroatoms. The fourth-order valence-electron chi connectivity index (χ4n) is 2.95. The predicted molar refractivity (Wildman–Crippen MR) is 78.7 cm³/mol. The van der Waals surface area contributed by atoms with E-state index in [2.05, 4.69) is 29.5 Å². The number of pyridine rings is 1. The molecule has 1 saturated carbocycles. The average Bonchev–Trinajstić information content (AvgIpc) is 2.64. The zero-order chi connectivity index (χ0) is 13.4. The van der Waals surface area contributed by atoms with Gasteiger partial charge in [0.1, 0.15) is 11.3 Å². The summed E-state index contributed by atoms with van der Waals surface area (Å²) in [6, 6.07) is 2.59. The van der Waals surface area contributed by atoms with Gasteiger partial charge in [-0.25, -0.2) is 9.97 Å².